The van der Waals surface area contributed by atoms with Crippen LogP contribution in [0.4, 0.5) is 13.2 Å². The van der Waals surface area contributed by atoms with E-state index in [0.717, 1.165) is 21.1 Å². The molecule has 0 radical (unpaired) electrons. The van der Waals surface area contributed by atoms with E-state index in [2.05, 4.69) is 15.4 Å². The summed E-state index contributed by atoms with van der Waals surface area (Å²) >= 11 is 6.13. The van der Waals surface area contributed by atoms with Crippen molar-refractivity contribution in [2.75, 3.05) is 13.7 Å². The van der Waals surface area contributed by atoms with E-state index < -0.39 is 35.9 Å². The summed E-state index contributed by atoms with van der Waals surface area (Å²) < 4.78 is 51.2. The first kappa shape index (κ1) is 26.1. The Kier molecular flexibility index (Phi) is 7.17. The van der Waals surface area contributed by atoms with Gasteiger partial charge < -0.3 is 19.8 Å². The predicted octanol–water partition coefficient (Wildman–Crippen LogP) is 4.70. The Morgan fingerprint density at radius 2 is 1.84 bits per heavy atom. The molecule has 194 valence electrons. The van der Waals surface area contributed by atoms with Crippen molar-refractivity contribution in [3.8, 4) is 11.6 Å². The number of amides is 1. The molecule has 4 rings (SSSR count). The number of nitrogens with zero attached hydrogens (tertiary/aromatic N) is 2. The lowest BCUT2D eigenvalue weighted by Gasteiger charge is -2.28. The number of hydrogen-bond acceptors (Lipinski definition) is 5. The quantitative estimate of drug-likeness (QED) is 0.319. The van der Waals surface area contributed by atoms with Crippen LogP contribution in [0.25, 0.3) is 16.6 Å². The monoisotopic (exact) mass is 534 g/mol. The number of rotatable bonds is 8. The second-order valence-corrected chi connectivity index (χ2v) is 8.83. The lowest BCUT2D eigenvalue weighted by atomic mass is 9.92. The molecule has 37 heavy (non-hydrogen) atoms. The summed E-state index contributed by atoms with van der Waals surface area (Å²) in [7, 11) is 1.19. The molecule has 0 spiro atoms. The van der Waals surface area contributed by atoms with Crippen molar-refractivity contribution in [2.45, 2.75) is 25.1 Å². The zero-order chi connectivity index (χ0) is 26.8. The standard InChI is InChI=1S/C25H22ClF3N4O4/c1-24(23(35)36-2,12-15-13-30-18-9-5-3-7-16(15)18)31-21(34)14-37-22-11-20(25(27,28)29)32-33(22)19-10-6-4-8-17(19)26/h3-11,13,30H,12,14H2,1-2H3,(H,31,34). The molecule has 1 amide bonds. The Labute approximate surface area is 214 Å². The van der Waals surface area contributed by atoms with Gasteiger partial charge >= 0.3 is 12.1 Å². The summed E-state index contributed by atoms with van der Waals surface area (Å²) in [5.41, 5.74) is -0.959. The van der Waals surface area contributed by atoms with Crippen LogP contribution in [-0.4, -0.2) is 45.9 Å². The van der Waals surface area contributed by atoms with Crippen LogP contribution in [0.5, 0.6) is 5.88 Å². The number of halogens is 4. The van der Waals surface area contributed by atoms with Gasteiger partial charge in [-0.2, -0.15) is 23.0 Å². The molecule has 0 fully saturated rings. The first-order valence-electron chi connectivity index (χ1n) is 11.0. The molecule has 0 aliphatic rings. The average molecular weight is 535 g/mol. The maximum atomic E-state index is 13.3. The van der Waals surface area contributed by atoms with Gasteiger partial charge in [0.05, 0.1) is 17.8 Å². The first-order valence-corrected chi connectivity index (χ1v) is 11.4. The number of carbonyl (C=O) groups is 2. The molecule has 1 unspecified atom stereocenters. The molecule has 12 heteroatoms. The van der Waals surface area contributed by atoms with Crippen LogP contribution >= 0.6 is 11.6 Å². The molecule has 0 aliphatic heterocycles. The van der Waals surface area contributed by atoms with Crippen molar-refractivity contribution in [2.24, 2.45) is 0 Å². The molecule has 4 aromatic rings. The van der Waals surface area contributed by atoms with Gasteiger partial charge in [0.25, 0.3) is 5.91 Å². The summed E-state index contributed by atoms with van der Waals surface area (Å²) in [6, 6.07) is 14.2. The van der Waals surface area contributed by atoms with Crippen LogP contribution in [0.15, 0.2) is 60.8 Å². The van der Waals surface area contributed by atoms with Gasteiger partial charge in [0.1, 0.15) is 5.54 Å². The Bertz CT molecular complexity index is 1450. The minimum atomic E-state index is -4.75. The van der Waals surface area contributed by atoms with E-state index in [1.54, 1.807) is 18.3 Å². The number of nitrogens with one attached hydrogen (secondary N) is 2. The van der Waals surface area contributed by atoms with Gasteiger partial charge in [-0.1, -0.05) is 41.9 Å². The lowest BCUT2D eigenvalue weighted by molar-refractivity contribution is -0.150. The van der Waals surface area contributed by atoms with Gasteiger partial charge in [-0.3, -0.25) is 4.79 Å². The second-order valence-electron chi connectivity index (χ2n) is 8.43. The highest BCUT2D eigenvalue weighted by atomic mass is 35.5. The molecule has 2 N–H and O–H groups in total. The molecule has 0 saturated carbocycles. The highest BCUT2D eigenvalue weighted by Gasteiger charge is 2.38. The summed E-state index contributed by atoms with van der Waals surface area (Å²) in [6.07, 6.45) is -2.93. The number of ether oxygens (including phenoxy) is 2. The van der Waals surface area contributed by atoms with E-state index in [0.29, 0.717) is 6.07 Å². The fraction of sp³-hybridized carbons (Fsp3) is 0.240. The molecular weight excluding hydrogens is 513 g/mol. The second kappa shape index (κ2) is 10.2. The number of aromatic amines is 1. The highest BCUT2D eigenvalue weighted by molar-refractivity contribution is 6.32. The van der Waals surface area contributed by atoms with Gasteiger partial charge in [-0.05, 0) is 30.7 Å². The van der Waals surface area contributed by atoms with Crippen molar-refractivity contribution in [1.29, 1.82) is 0 Å². The molecule has 1 atom stereocenters. The maximum Gasteiger partial charge on any atom is 0.435 e. The molecule has 2 heterocycles. The van der Waals surface area contributed by atoms with E-state index in [1.165, 1.54) is 26.2 Å². The van der Waals surface area contributed by atoms with Crippen molar-refractivity contribution < 1.29 is 32.2 Å². The number of hydrogen-bond donors (Lipinski definition) is 2. The highest BCUT2D eigenvalue weighted by Crippen LogP contribution is 2.33. The van der Waals surface area contributed by atoms with Gasteiger partial charge in [0, 0.05) is 29.6 Å². The van der Waals surface area contributed by atoms with E-state index in [9.17, 15) is 22.8 Å². The largest absolute Gasteiger partial charge is 0.467 e. The summed E-state index contributed by atoms with van der Waals surface area (Å²) in [6.45, 7) is 0.794. The number of carbonyl (C=O) groups excluding carboxylic acids is 2. The third-order valence-electron chi connectivity index (χ3n) is 5.67. The topological polar surface area (TPSA) is 98.2 Å². The Balaban J connectivity index is 1.55. The van der Waals surface area contributed by atoms with Crippen LogP contribution in [0.3, 0.4) is 0 Å². The summed E-state index contributed by atoms with van der Waals surface area (Å²) in [5.74, 6) is -1.81. The number of aromatic nitrogens is 3. The maximum absolute atomic E-state index is 13.3. The van der Waals surface area contributed by atoms with Gasteiger partial charge in [0.2, 0.25) is 5.88 Å². The Morgan fingerprint density at radius 1 is 1.14 bits per heavy atom. The van der Waals surface area contributed by atoms with Crippen molar-refractivity contribution in [3.63, 3.8) is 0 Å². The number of fused-ring (bicyclic) bond motifs is 1. The van der Waals surface area contributed by atoms with Crippen LogP contribution in [0.2, 0.25) is 5.02 Å². The van der Waals surface area contributed by atoms with Crippen LogP contribution in [0.1, 0.15) is 18.2 Å². The molecule has 2 aromatic carbocycles. The van der Waals surface area contributed by atoms with Gasteiger partial charge in [0.15, 0.2) is 12.3 Å². The number of esters is 1. The van der Waals surface area contributed by atoms with Crippen molar-refractivity contribution in [3.05, 3.63) is 77.1 Å². The van der Waals surface area contributed by atoms with Crippen molar-refractivity contribution >= 4 is 34.4 Å². The lowest BCUT2D eigenvalue weighted by Crippen LogP contribution is -2.55. The molecular formula is C25H22ClF3N4O4. The van der Waals surface area contributed by atoms with Crippen LogP contribution in [-0.2, 0) is 26.9 Å². The summed E-state index contributed by atoms with van der Waals surface area (Å²) in [4.78, 5) is 28.6. The SMILES string of the molecule is COC(=O)C(C)(Cc1c[nH]c2ccccc12)NC(=O)COc1cc(C(F)(F)F)nn1-c1ccccc1Cl. The zero-order valence-corrected chi connectivity index (χ0v) is 20.5. The first-order chi connectivity index (χ1) is 17.5. The Hall–Kier alpha value is -3.99. The van der Waals surface area contributed by atoms with Gasteiger partial charge in [-0.25, -0.2) is 4.79 Å². The summed E-state index contributed by atoms with van der Waals surface area (Å²) in [5, 5.41) is 7.15. The molecule has 0 saturated heterocycles. The molecule has 8 nitrogen and oxygen atoms in total. The number of H-pyrrole nitrogens is 1. The molecule has 0 aliphatic carbocycles. The normalized spacial score (nSPS) is 13.2. The smallest absolute Gasteiger partial charge is 0.435 e. The minimum absolute atomic E-state index is 0.0885. The number of methoxy groups -OCH3 is 1. The number of para-hydroxylation sites is 2. The van der Waals surface area contributed by atoms with E-state index in [4.69, 9.17) is 21.1 Å². The minimum Gasteiger partial charge on any atom is -0.467 e. The fourth-order valence-electron chi connectivity index (χ4n) is 3.94. The molecule has 0 bridgehead atoms. The van der Waals surface area contributed by atoms with E-state index >= 15 is 0 Å². The average Bonchev–Trinajstić information content (AvgIpc) is 3.47. The van der Waals surface area contributed by atoms with Crippen molar-refractivity contribution in [1.82, 2.24) is 20.1 Å². The third kappa shape index (κ3) is 5.56. The number of alkyl halides is 3. The van der Waals surface area contributed by atoms with Crippen LogP contribution in [0, 0.1) is 0 Å². The predicted molar refractivity (Wildman–Crippen MR) is 130 cm³/mol. The zero-order valence-electron chi connectivity index (χ0n) is 19.7. The van der Waals surface area contributed by atoms with E-state index in [-0.39, 0.29) is 23.0 Å². The third-order valence-corrected chi connectivity index (χ3v) is 5.99. The van der Waals surface area contributed by atoms with E-state index in [1.807, 2.05) is 24.3 Å². The fourth-order valence-corrected chi connectivity index (χ4v) is 4.15. The number of benzene rings is 2. The van der Waals surface area contributed by atoms with Crippen LogP contribution < -0.4 is 10.1 Å². The Morgan fingerprint density at radius 3 is 2.54 bits per heavy atom. The molecule has 2 aromatic heterocycles. The van der Waals surface area contributed by atoms with Gasteiger partial charge in [-0.15, -0.1) is 0 Å².